The average molecular weight is 406 g/mol. The first-order chi connectivity index (χ1) is 14.5. The van der Waals surface area contributed by atoms with Crippen LogP contribution in [0.15, 0.2) is 66.9 Å². The number of methoxy groups -OCH3 is 1. The highest BCUT2D eigenvalue weighted by Crippen LogP contribution is 2.22. The van der Waals surface area contributed by atoms with E-state index in [9.17, 15) is 9.18 Å². The largest absolute Gasteiger partial charge is 0.481 e. The van der Waals surface area contributed by atoms with Crippen molar-refractivity contribution in [3.63, 3.8) is 0 Å². The molecule has 0 aliphatic carbocycles. The summed E-state index contributed by atoms with van der Waals surface area (Å²) in [5, 5.41) is 7.08. The molecule has 2 aromatic carbocycles. The number of nitrogens with zero attached hydrogens (tertiary/aromatic N) is 3. The summed E-state index contributed by atoms with van der Waals surface area (Å²) in [4.78, 5) is 16.9. The number of rotatable bonds is 6. The Labute approximate surface area is 172 Å². The molecule has 0 radical (unpaired) electrons. The number of imidazole rings is 1. The van der Waals surface area contributed by atoms with Gasteiger partial charge in [-0.15, -0.1) is 5.10 Å². The van der Waals surface area contributed by atoms with Crippen LogP contribution in [0.2, 0.25) is 0 Å². The zero-order valence-electron chi connectivity index (χ0n) is 16.4. The summed E-state index contributed by atoms with van der Waals surface area (Å²) >= 11 is 0. The number of benzene rings is 2. The van der Waals surface area contributed by atoms with E-state index in [2.05, 4.69) is 15.4 Å². The van der Waals surface area contributed by atoms with Gasteiger partial charge in [0.2, 0.25) is 5.88 Å². The molecule has 2 aromatic heterocycles. The topological polar surface area (TPSA) is 77.8 Å². The molecule has 0 fully saturated rings. The monoisotopic (exact) mass is 406 g/mol. The number of anilines is 1. The Kier molecular flexibility index (Phi) is 5.30. The van der Waals surface area contributed by atoms with Crippen molar-refractivity contribution < 1.29 is 18.7 Å². The Balaban J connectivity index is 1.43. The van der Waals surface area contributed by atoms with Crippen LogP contribution in [0.1, 0.15) is 6.92 Å². The van der Waals surface area contributed by atoms with Crippen LogP contribution in [0.5, 0.6) is 11.6 Å². The molecule has 30 heavy (non-hydrogen) atoms. The number of ether oxygens (including phenoxy) is 2. The van der Waals surface area contributed by atoms with Crippen LogP contribution in [0.25, 0.3) is 16.9 Å². The van der Waals surface area contributed by atoms with Gasteiger partial charge in [0, 0.05) is 23.4 Å². The molecule has 0 saturated heterocycles. The van der Waals surface area contributed by atoms with Crippen molar-refractivity contribution in [2.24, 2.45) is 0 Å². The molecule has 0 saturated carbocycles. The SMILES string of the molecule is COc1ccc2nc(-c3ccc(NC(=O)C(C)Oc4cccc(F)c4)cc3)cn2n1. The van der Waals surface area contributed by atoms with Crippen LogP contribution in [0.4, 0.5) is 10.1 Å². The lowest BCUT2D eigenvalue weighted by Gasteiger charge is -2.15. The van der Waals surface area contributed by atoms with E-state index in [4.69, 9.17) is 9.47 Å². The van der Waals surface area contributed by atoms with Gasteiger partial charge in [0.25, 0.3) is 5.91 Å². The van der Waals surface area contributed by atoms with Crippen LogP contribution < -0.4 is 14.8 Å². The Morgan fingerprint density at radius 1 is 1.13 bits per heavy atom. The fourth-order valence-electron chi connectivity index (χ4n) is 2.88. The van der Waals surface area contributed by atoms with Crippen LogP contribution >= 0.6 is 0 Å². The van der Waals surface area contributed by atoms with Gasteiger partial charge in [-0.05, 0) is 37.3 Å². The standard InChI is InChI=1S/C22H19FN4O3/c1-14(30-18-5-3-4-16(23)12-18)22(28)24-17-8-6-15(7-9-17)19-13-27-20(25-19)10-11-21(26-27)29-2/h3-14H,1-2H3,(H,24,28). The molecule has 8 heteroatoms. The van der Waals surface area contributed by atoms with E-state index in [0.717, 1.165) is 11.3 Å². The minimum Gasteiger partial charge on any atom is -0.481 e. The van der Waals surface area contributed by atoms with Crippen LogP contribution in [0, 0.1) is 5.82 Å². The molecule has 1 unspecified atom stereocenters. The normalized spacial score (nSPS) is 11.8. The van der Waals surface area contributed by atoms with Crippen molar-refractivity contribution in [2.45, 2.75) is 13.0 Å². The number of carbonyl (C=O) groups excluding carboxylic acids is 1. The molecule has 2 heterocycles. The highest BCUT2D eigenvalue weighted by atomic mass is 19.1. The molecule has 0 spiro atoms. The maximum atomic E-state index is 13.3. The molecule has 1 atom stereocenters. The number of hydrogen-bond donors (Lipinski definition) is 1. The summed E-state index contributed by atoms with van der Waals surface area (Å²) in [5.41, 5.74) is 2.94. The van der Waals surface area contributed by atoms with Gasteiger partial charge in [0.05, 0.1) is 19.0 Å². The van der Waals surface area contributed by atoms with E-state index in [1.807, 2.05) is 18.2 Å². The summed E-state index contributed by atoms with van der Waals surface area (Å²) in [5.74, 6) is 0.0384. The second-order valence-corrected chi connectivity index (χ2v) is 6.59. The number of amides is 1. The lowest BCUT2D eigenvalue weighted by atomic mass is 10.1. The predicted molar refractivity (Wildman–Crippen MR) is 110 cm³/mol. The Bertz CT molecular complexity index is 1190. The molecule has 0 bridgehead atoms. The van der Waals surface area contributed by atoms with Crippen molar-refractivity contribution in [1.29, 1.82) is 0 Å². The second-order valence-electron chi connectivity index (χ2n) is 6.59. The Hall–Kier alpha value is -3.94. The van der Waals surface area contributed by atoms with E-state index < -0.39 is 11.9 Å². The first-order valence-corrected chi connectivity index (χ1v) is 9.26. The van der Waals surface area contributed by atoms with E-state index in [1.165, 1.54) is 18.2 Å². The number of aromatic nitrogens is 3. The number of nitrogens with one attached hydrogen (secondary N) is 1. The molecule has 7 nitrogen and oxygen atoms in total. The van der Waals surface area contributed by atoms with E-state index in [0.29, 0.717) is 23.0 Å². The zero-order chi connectivity index (χ0) is 21.1. The highest BCUT2D eigenvalue weighted by Gasteiger charge is 2.15. The molecule has 0 aliphatic heterocycles. The van der Waals surface area contributed by atoms with Crippen molar-refractivity contribution in [1.82, 2.24) is 14.6 Å². The van der Waals surface area contributed by atoms with Gasteiger partial charge in [-0.3, -0.25) is 4.79 Å². The fourth-order valence-corrected chi connectivity index (χ4v) is 2.88. The molecule has 4 rings (SSSR count). The Morgan fingerprint density at radius 3 is 2.67 bits per heavy atom. The molecule has 152 valence electrons. The summed E-state index contributed by atoms with van der Waals surface area (Å²) in [6.45, 7) is 1.60. The first-order valence-electron chi connectivity index (χ1n) is 9.26. The maximum absolute atomic E-state index is 13.3. The molecule has 1 N–H and O–H groups in total. The number of hydrogen-bond acceptors (Lipinski definition) is 5. The van der Waals surface area contributed by atoms with Crippen LogP contribution in [0.3, 0.4) is 0 Å². The summed E-state index contributed by atoms with van der Waals surface area (Å²) in [6.07, 6.45) is 1.02. The van der Waals surface area contributed by atoms with Gasteiger partial charge in [-0.2, -0.15) is 0 Å². The van der Waals surface area contributed by atoms with E-state index >= 15 is 0 Å². The smallest absolute Gasteiger partial charge is 0.265 e. The van der Waals surface area contributed by atoms with E-state index in [1.54, 1.807) is 49.0 Å². The summed E-state index contributed by atoms with van der Waals surface area (Å²) in [6, 6.07) is 16.5. The van der Waals surface area contributed by atoms with Crippen LogP contribution in [-0.4, -0.2) is 33.7 Å². The zero-order valence-corrected chi connectivity index (χ0v) is 16.4. The number of fused-ring (bicyclic) bond motifs is 1. The van der Waals surface area contributed by atoms with Crippen molar-refractivity contribution >= 4 is 17.2 Å². The van der Waals surface area contributed by atoms with Gasteiger partial charge in [0.1, 0.15) is 11.6 Å². The highest BCUT2D eigenvalue weighted by molar-refractivity contribution is 5.94. The Morgan fingerprint density at radius 2 is 1.93 bits per heavy atom. The van der Waals surface area contributed by atoms with Gasteiger partial charge in [-0.1, -0.05) is 18.2 Å². The quantitative estimate of drug-likeness (QED) is 0.525. The van der Waals surface area contributed by atoms with Gasteiger partial charge in [0.15, 0.2) is 11.8 Å². The molecule has 4 aromatic rings. The maximum Gasteiger partial charge on any atom is 0.265 e. The molecular formula is C22H19FN4O3. The van der Waals surface area contributed by atoms with Crippen molar-refractivity contribution in [2.75, 3.05) is 12.4 Å². The number of carbonyl (C=O) groups is 1. The third-order valence-electron chi connectivity index (χ3n) is 4.43. The predicted octanol–water partition coefficient (Wildman–Crippen LogP) is 3.95. The van der Waals surface area contributed by atoms with Gasteiger partial charge in [-0.25, -0.2) is 13.9 Å². The van der Waals surface area contributed by atoms with E-state index in [-0.39, 0.29) is 5.91 Å². The van der Waals surface area contributed by atoms with Crippen molar-refractivity contribution in [3.05, 3.63) is 72.7 Å². The third-order valence-corrected chi connectivity index (χ3v) is 4.43. The lowest BCUT2D eigenvalue weighted by Crippen LogP contribution is -2.30. The number of halogens is 1. The summed E-state index contributed by atoms with van der Waals surface area (Å²) in [7, 11) is 1.56. The average Bonchev–Trinajstić information content (AvgIpc) is 3.17. The van der Waals surface area contributed by atoms with Gasteiger partial charge < -0.3 is 14.8 Å². The lowest BCUT2D eigenvalue weighted by molar-refractivity contribution is -0.122. The summed E-state index contributed by atoms with van der Waals surface area (Å²) < 4.78 is 25.5. The fraction of sp³-hybridized carbons (Fsp3) is 0.136. The second kappa shape index (κ2) is 8.20. The minimum atomic E-state index is -0.786. The van der Waals surface area contributed by atoms with Crippen LogP contribution in [-0.2, 0) is 4.79 Å². The molecular weight excluding hydrogens is 387 g/mol. The molecule has 0 aliphatic rings. The molecule has 1 amide bonds. The first kappa shape index (κ1) is 19.4. The van der Waals surface area contributed by atoms with Gasteiger partial charge >= 0.3 is 0 Å². The third kappa shape index (κ3) is 4.22. The minimum absolute atomic E-state index is 0.296. The van der Waals surface area contributed by atoms with Crippen molar-refractivity contribution in [3.8, 4) is 22.9 Å².